The zero-order valence-electron chi connectivity index (χ0n) is 15.1. The number of nitrogens with one attached hydrogen (secondary N) is 1. The molecule has 0 spiro atoms. The normalized spacial score (nSPS) is 11.6. The van der Waals surface area contributed by atoms with E-state index in [1.807, 2.05) is 72.8 Å². The van der Waals surface area contributed by atoms with Crippen molar-refractivity contribution in [2.75, 3.05) is 13.7 Å². The van der Waals surface area contributed by atoms with Crippen molar-refractivity contribution in [1.29, 1.82) is 0 Å². The van der Waals surface area contributed by atoms with Crippen LogP contribution < -0.4 is 10.1 Å². The van der Waals surface area contributed by atoms with Crippen molar-refractivity contribution < 1.29 is 19.1 Å². The number of fused-ring (bicyclic) bond motifs is 1. The minimum absolute atomic E-state index is 0.180. The standard InChI is InChI=1S/C22H21NO4/c1-26-22(25)20(13-16-7-3-2-4-8-16)23-21(24)15-27-19-12-11-17-9-5-6-10-18(17)14-19/h2-12,14,20H,13,15H2,1H3,(H,23,24). The van der Waals surface area contributed by atoms with Crippen LogP contribution in [0.1, 0.15) is 5.56 Å². The summed E-state index contributed by atoms with van der Waals surface area (Å²) < 4.78 is 10.4. The van der Waals surface area contributed by atoms with Crippen LogP contribution in [0.15, 0.2) is 72.8 Å². The van der Waals surface area contributed by atoms with E-state index >= 15 is 0 Å². The Bertz CT molecular complexity index is 924. The molecule has 0 saturated heterocycles. The largest absolute Gasteiger partial charge is 0.484 e. The van der Waals surface area contributed by atoms with E-state index in [1.165, 1.54) is 7.11 Å². The molecule has 0 aliphatic rings. The second-order valence-corrected chi connectivity index (χ2v) is 6.13. The molecule has 0 bridgehead atoms. The SMILES string of the molecule is COC(=O)C(Cc1ccccc1)NC(=O)COc1ccc2ccccc2c1. The van der Waals surface area contributed by atoms with Gasteiger partial charge in [0.15, 0.2) is 6.61 Å². The molecule has 3 rings (SSSR count). The number of esters is 1. The van der Waals surface area contributed by atoms with Crippen LogP contribution in [0.5, 0.6) is 5.75 Å². The summed E-state index contributed by atoms with van der Waals surface area (Å²) in [5.74, 6) is -0.270. The fourth-order valence-corrected chi connectivity index (χ4v) is 2.83. The first-order chi connectivity index (χ1) is 13.2. The number of carbonyl (C=O) groups is 2. The summed E-state index contributed by atoms with van der Waals surface area (Å²) in [6.07, 6.45) is 0.356. The molecule has 0 aromatic heterocycles. The van der Waals surface area contributed by atoms with Gasteiger partial charge >= 0.3 is 5.97 Å². The molecule has 1 N–H and O–H groups in total. The quantitative estimate of drug-likeness (QED) is 0.655. The smallest absolute Gasteiger partial charge is 0.328 e. The third-order valence-electron chi connectivity index (χ3n) is 4.19. The predicted molar refractivity (Wildman–Crippen MR) is 104 cm³/mol. The fraction of sp³-hybridized carbons (Fsp3) is 0.182. The van der Waals surface area contributed by atoms with Gasteiger partial charge in [0.1, 0.15) is 11.8 Å². The van der Waals surface area contributed by atoms with Crippen LogP contribution in [0.2, 0.25) is 0 Å². The molecule has 27 heavy (non-hydrogen) atoms. The molecule has 0 heterocycles. The molecule has 0 saturated carbocycles. The number of rotatable bonds is 7. The average Bonchev–Trinajstić information content (AvgIpc) is 2.71. The molecule has 138 valence electrons. The third kappa shape index (κ3) is 5.07. The van der Waals surface area contributed by atoms with Crippen LogP contribution in [0.4, 0.5) is 0 Å². The summed E-state index contributed by atoms with van der Waals surface area (Å²) >= 11 is 0. The highest BCUT2D eigenvalue weighted by Gasteiger charge is 2.22. The van der Waals surface area contributed by atoms with Crippen molar-refractivity contribution in [3.8, 4) is 5.75 Å². The highest BCUT2D eigenvalue weighted by atomic mass is 16.5. The van der Waals surface area contributed by atoms with Crippen LogP contribution in [0, 0.1) is 0 Å². The van der Waals surface area contributed by atoms with E-state index in [0.29, 0.717) is 12.2 Å². The number of ether oxygens (including phenoxy) is 2. The van der Waals surface area contributed by atoms with Crippen LogP contribution in [0.25, 0.3) is 10.8 Å². The monoisotopic (exact) mass is 363 g/mol. The molecule has 1 unspecified atom stereocenters. The van der Waals surface area contributed by atoms with Gasteiger partial charge in [-0.3, -0.25) is 4.79 Å². The summed E-state index contributed by atoms with van der Waals surface area (Å²) in [6, 6.07) is 22.2. The highest BCUT2D eigenvalue weighted by molar-refractivity contribution is 5.86. The Morgan fingerprint density at radius 2 is 1.63 bits per heavy atom. The maximum absolute atomic E-state index is 12.3. The lowest BCUT2D eigenvalue weighted by Crippen LogP contribution is -2.44. The van der Waals surface area contributed by atoms with Crippen molar-refractivity contribution in [2.45, 2.75) is 12.5 Å². The van der Waals surface area contributed by atoms with Crippen LogP contribution in [-0.2, 0) is 20.7 Å². The summed E-state index contributed by atoms with van der Waals surface area (Å²) in [5.41, 5.74) is 0.934. The topological polar surface area (TPSA) is 64.6 Å². The number of carbonyl (C=O) groups excluding carboxylic acids is 2. The molecule has 0 radical (unpaired) electrons. The minimum Gasteiger partial charge on any atom is -0.484 e. The number of amides is 1. The van der Waals surface area contributed by atoms with Crippen molar-refractivity contribution in [3.63, 3.8) is 0 Å². The summed E-state index contributed by atoms with van der Waals surface area (Å²) in [7, 11) is 1.30. The Morgan fingerprint density at radius 3 is 2.37 bits per heavy atom. The summed E-state index contributed by atoms with van der Waals surface area (Å²) in [5, 5.41) is 4.82. The molecule has 1 atom stereocenters. The number of hydrogen-bond acceptors (Lipinski definition) is 4. The van der Waals surface area contributed by atoms with Gasteiger partial charge in [-0.2, -0.15) is 0 Å². The second kappa shape index (κ2) is 8.85. The van der Waals surface area contributed by atoms with E-state index in [9.17, 15) is 9.59 Å². The lowest BCUT2D eigenvalue weighted by molar-refractivity contribution is -0.145. The molecule has 5 nitrogen and oxygen atoms in total. The van der Waals surface area contributed by atoms with E-state index in [4.69, 9.17) is 9.47 Å². The van der Waals surface area contributed by atoms with Gasteiger partial charge in [0.25, 0.3) is 5.91 Å². The molecule has 0 fully saturated rings. The second-order valence-electron chi connectivity index (χ2n) is 6.13. The van der Waals surface area contributed by atoms with E-state index in [-0.39, 0.29) is 12.5 Å². The fourth-order valence-electron chi connectivity index (χ4n) is 2.83. The van der Waals surface area contributed by atoms with E-state index in [0.717, 1.165) is 16.3 Å². The first-order valence-corrected chi connectivity index (χ1v) is 8.68. The van der Waals surface area contributed by atoms with Crippen molar-refractivity contribution in [3.05, 3.63) is 78.4 Å². The zero-order chi connectivity index (χ0) is 19.1. The van der Waals surface area contributed by atoms with Gasteiger partial charge in [-0.15, -0.1) is 0 Å². The average molecular weight is 363 g/mol. The molecule has 5 heteroatoms. The third-order valence-corrected chi connectivity index (χ3v) is 4.19. The lowest BCUT2D eigenvalue weighted by atomic mass is 10.1. The summed E-state index contributed by atoms with van der Waals surface area (Å²) in [6.45, 7) is -0.180. The Kier molecular flexibility index (Phi) is 6.05. The lowest BCUT2D eigenvalue weighted by Gasteiger charge is -2.17. The Morgan fingerprint density at radius 1 is 0.926 bits per heavy atom. The van der Waals surface area contributed by atoms with Crippen LogP contribution in [0.3, 0.4) is 0 Å². The van der Waals surface area contributed by atoms with Gasteiger partial charge in [-0.1, -0.05) is 60.7 Å². The van der Waals surface area contributed by atoms with Crippen LogP contribution in [-0.4, -0.2) is 31.6 Å². The molecule has 1 amide bonds. The van der Waals surface area contributed by atoms with Crippen molar-refractivity contribution in [1.82, 2.24) is 5.32 Å². The minimum atomic E-state index is -0.759. The van der Waals surface area contributed by atoms with Crippen LogP contribution >= 0.6 is 0 Å². The van der Waals surface area contributed by atoms with E-state index in [2.05, 4.69) is 5.32 Å². The number of hydrogen-bond donors (Lipinski definition) is 1. The van der Waals surface area contributed by atoms with Gasteiger partial charge in [0.2, 0.25) is 0 Å². The molecule has 3 aromatic rings. The maximum Gasteiger partial charge on any atom is 0.328 e. The van der Waals surface area contributed by atoms with Crippen molar-refractivity contribution in [2.24, 2.45) is 0 Å². The van der Waals surface area contributed by atoms with Gasteiger partial charge in [0, 0.05) is 6.42 Å². The van der Waals surface area contributed by atoms with Gasteiger partial charge in [-0.25, -0.2) is 4.79 Å². The van der Waals surface area contributed by atoms with E-state index < -0.39 is 12.0 Å². The van der Waals surface area contributed by atoms with Crippen molar-refractivity contribution >= 4 is 22.6 Å². The number of methoxy groups -OCH3 is 1. The maximum atomic E-state index is 12.3. The number of benzene rings is 3. The molecule has 3 aromatic carbocycles. The molecular formula is C22H21NO4. The van der Waals surface area contributed by atoms with Gasteiger partial charge < -0.3 is 14.8 Å². The van der Waals surface area contributed by atoms with Gasteiger partial charge in [-0.05, 0) is 28.5 Å². The predicted octanol–water partition coefficient (Wildman–Crippen LogP) is 3.12. The Labute approximate surface area is 157 Å². The molecular weight excluding hydrogens is 342 g/mol. The Hall–Kier alpha value is -3.34. The first kappa shape index (κ1) is 18.5. The van der Waals surface area contributed by atoms with Gasteiger partial charge in [0.05, 0.1) is 7.11 Å². The zero-order valence-corrected chi connectivity index (χ0v) is 15.1. The first-order valence-electron chi connectivity index (χ1n) is 8.68. The highest BCUT2D eigenvalue weighted by Crippen LogP contribution is 2.20. The Balaban J connectivity index is 1.60. The summed E-state index contributed by atoms with van der Waals surface area (Å²) in [4.78, 5) is 24.3. The van der Waals surface area contributed by atoms with E-state index in [1.54, 1.807) is 0 Å². The molecule has 0 aliphatic carbocycles. The molecule has 0 aliphatic heterocycles.